The topological polar surface area (TPSA) is 83.9 Å². The summed E-state index contributed by atoms with van der Waals surface area (Å²) < 4.78 is 35.0. The van der Waals surface area contributed by atoms with Crippen LogP contribution >= 0.6 is 11.8 Å². The molecule has 0 saturated carbocycles. The van der Waals surface area contributed by atoms with Crippen LogP contribution in [0.15, 0.2) is 77.7 Å². The molecule has 0 radical (unpaired) electrons. The van der Waals surface area contributed by atoms with E-state index in [1.807, 2.05) is 69.3 Å². The predicted octanol–water partition coefficient (Wildman–Crippen LogP) is 5.84. The van der Waals surface area contributed by atoms with Gasteiger partial charge in [0.1, 0.15) is 5.75 Å². The van der Waals surface area contributed by atoms with Crippen LogP contribution in [0.2, 0.25) is 0 Å². The number of rotatable bonds is 9. The molecule has 1 aliphatic heterocycles. The van der Waals surface area contributed by atoms with Crippen molar-refractivity contribution in [1.29, 1.82) is 0 Å². The Morgan fingerprint density at radius 1 is 0.946 bits per heavy atom. The molecule has 0 amide bonds. The molecule has 0 aromatic heterocycles. The first kappa shape index (κ1) is 27.2. The lowest BCUT2D eigenvalue weighted by Crippen LogP contribution is -2.39. The zero-order chi connectivity index (χ0) is 26.7. The van der Waals surface area contributed by atoms with Crippen LogP contribution in [-0.2, 0) is 20.6 Å². The first-order valence-electron chi connectivity index (χ1n) is 12.3. The maximum Gasteiger partial charge on any atom is 0.309 e. The Labute approximate surface area is 223 Å². The number of benzene rings is 3. The number of hydrogen-bond donors (Lipinski definition) is 1. The van der Waals surface area contributed by atoms with Crippen LogP contribution < -0.4 is 4.74 Å². The van der Waals surface area contributed by atoms with Gasteiger partial charge in [-0.3, -0.25) is 4.79 Å². The highest BCUT2D eigenvalue weighted by Gasteiger charge is 2.56. The van der Waals surface area contributed by atoms with Crippen LogP contribution in [-0.4, -0.2) is 42.2 Å². The molecule has 3 aromatic rings. The first-order chi connectivity index (χ1) is 17.7. The molecule has 1 N–H and O–H groups in total. The molecular weight excluding hydrogens is 506 g/mol. The maximum atomic E-state index is 14.1. The minimum absolute atomic E-state index is 0.179. The van der Waals surface area contributed by atoms with Crippen LogP contribution in [0, 0.1) is 19.8 Å². The average molecular weight is 540 g/mol. The highest BCUT2D eigenvalue weighted by molar-refractivity contribution is 7.99. The molecule has 0 aliphatic carbocycles. The van der Waals surface area contributed by atoms with Gasteiger partial charge in [0.25, 0.3) is 0 Å². The monoisotopic (exact) mass is 539 g/mol. The van der Waals surface area contributed by atoms with Gasteiger partial charge in [0, 0.05) is 17.0 Å². The van der Waals surface area contributed by atoms with Crippen molar-refractivity contribution in [3.63, 3.8) is 0 Å². The van der Waals surface area contributed by atoms with Gasteiger partial charge >= 0.3 is 5.97 Å². The second kappa shape index (κ2) is 11.3. The number of aliphatic carboxylic acids is 1. The van der Waals surface area contributed by atoms with Crippen LogP contribution in [0.5, 0.6) is 5.75 Å². The number of nitrogens with zero attached hydrogens (tertiary/aromatic N) is 1. The number of carboxylic acids is 1. The Balaban J connectivity index is 1.79. The second-order valence-electron chi connectivity index (χ2n) is 9.47. The predicted molar refractivity (Wildman–Crippen MR) is 147 cm³/mol. The number of thioether (sulfide) groups is 1. The van der Waals surface area contributed by atoms with E-state index < -0.39 is 39.2 Å². The summed E-state index contributed by atoms with van der Waals surface area (Å²) in [6, 6.07) is 20.6. The molecule has 196 valence electrons. The Morgan fingerprint density at radius 3 is 2.03 bits per heavy atom. The lowest BCUT2D eigenvalue weighted by atomic mass is 9.92. The fraction of sp³-hybridized carbons (Fsp3) is 0.345. The van der Waals surface area contributed by atoms with E-state index >= 15 is 0 Å². The fourth-order valence-electron chi connectivity index (χ4n) is 5.02. The van der Waals surface area contributed by atoms with Crippen LogP contribution in [0.3, 0.4) is 0 Å². The van der Waals surface area contributed by atoms with E-state index in [-0.39, 0.29) is 4.90 Å². The summed E-state index contributed by atoms with van der Waals surface area (Å²) in [4.78, 5) is 13.0. The molecule has 8 heteroatoms. The van der Waals surface area contributed by atoms with Gasteiger partial charge in [0.05, 0.1) is 24.0 Å². The summed E-state index contributed by atoms with van der Waals surface area (Å²) in [5.74, 6) is -0.582. The van der Waals surface area contributed by atoms with E-state index in [1.165, 1.54) is 16.1 Å². The number of aryl methyl sites for hydroxylation is 2. The molecule has 4 atom stereocenters. The van der Waals surface area contributed by atoms with E-state index in [2.05, 4.69) is 0 Å². The summed E-state index contributed by atoms with van der Waals surface area (Å²) in [7, 11) is -2.36. The molecule has 37 heavy (non-hydrogen) atoms. The van der Waals surface area contributed by atoms with Gasteiger partial charge in [-0.2, -0.15) is 16.1 Å². The number of sulfonamides is 1. The molecule has 6 nitrogen and oxygen atoms in total. The van der Waals surface area contributed by atoms with Crippen LogP contribution in [0.1, 0.15) is 41.6 Å². The molecule has 0 unspecified atom stereocenters. The second-order valence-corrected chi connectivity index (χ2v) is 12.5. The van der Waals surface area contributed by atoms with Gasteiger partial charge < -0.3 is 9.84 Å². The molecule has 1 fully saturated rings. The Bertz CT molecular complexity index is 1320. The molecule has 0 bridgehead atoms. The number of hydrogen-bond acceptors (Lipinski definition) is 5. The summed E-state index contributed by atoms with van der Waals surface area (Å²) in [6.07, 6.45) is 0.498. The zero-order valence-electron chi connectivity index (χ0n) is 21.5. The quantitative estimate of drug-likeness (QED) is 0.368. The molecule has 3 aromatic carbocycles. The number of ether oxygens (including phenoxy) is 1. The van der Waals surface area contributed by atoms with Gasteiger partial charge in [-0.1, -0.05) is 66.6 Å². The molecule has 1 heterocycles. The van der Waals surface area contributed by atoms with E-state index in [0.717, 1.165) is 22.4 Å². The van der Waals surface area contributed by atoms with Gasteiger partial charge in [-0.25, -0.2) is 8.42 Å². The standard InChI is InChI=1S/C29H33NO5S2/c1-5-25-28(36-18-21-10-14-23(35-4)15-11-21)26(29(31)32)27(22-12-6-19(2)7-13-22)30(25)37(33,34)24-16-8-20(3)9-17-24/h6-17,25-28H,5,18H2,1-4H3,(H,31,32)/t25-,26+,27+,28-/m1/s1. The summed E-state index contributed by atoms with van der Waals surface area (Å²) in [5.41, 5.74) is 3.70. The summed E-state index contributed by atoms with van der Waals surface area (Å²) >= 11 is 1.51. The highest BCUT2D eigenvalue weighted by Crippen LogP contribution is 2.50. The molecule has 1 saturated heterocycles. The highest BCUT2D eigenvalue weighted by atomic mass is 32.2. The van der Waals surface area contributed by atoms with Crippen molar-refractivity contribution in [2.45, 2.75) is 55.2 Å². The fourth-order valence-corrected chi connectivity index (χ4v) is 8.61. The zero-order valence-corrected chi connectivity index (χ0v) is 23.1. The van der Waals surface area contributed by atoms with Crippen LogP contribution in [0.25, 0.3) is 0 Å². The van der Waals surface area contributed by atoms with E-state index in [1.54, 1.807) is 31.4 Å². The third-order valence-electron chi connectivity index (χ3n) is 6.99. The van der Waals surface area contributed by atoms with E-state index in [9.17, 15) is 18.3 Å². The van der Waals surface area contributed by atoms with Crippen molar-refractivity contribution < 1.29 is 23.1 Å². The smallest absolute Gasteiger partial charge is 0.309 e. The average Bonchev–Trinajstić information content (AvgIpc) is 3.23. The maximum absolute atomic E-state index is 14.1. The normalized spacial score (nSPS) is 22.2. The van der Waals surface area contributed by atoms with Gasteiger partial charge in [0.15, 0.2) is 0 Å². The van der Waals surface area contributed by atoms with Gasteiger partial charge in [0.2, 0.25) is 10.0 Å². The number of carbonyl (C=O) groups is 1. The number of methoxy groups -OCH3 is 1. The van der Waals surface area contributed by atoms with E-state index in [4.69, 9.17) is 4.74 Å². The van der Waals surface area contributed by atoms with Crippen molar-refractivity contribution in [2.75, 3.05) is 7.11 Å². The molecular formula is C29H33NO5S2. The minimum atomic E-state index is -3.98. The van der Waals surface area contributed by atoms with Crippen LogP contribution in [0.4, 0.5) is 0 Å². The molecule has 1 aliphatic rings. The summed E-state index contributed by atoms with van der Waals surface area (Å²) in [6.45, 7) is 5.79. The van der Waals surface area contributed by atoms with Crippen molar-refractivity contribution in [3.05, 3.63) is 95.1 Å². The lowest BCUT2D eigenvalue weighted by molar-refractivity contribution is -0.142. The van der Waals surface area contributed by atoms with Crippen molar-refractivity contribution >= 4 is 27.8 Å². The van der Waals surface area contributed by atoms with Crippen molar-refractivity contribution in [2.24, 2.45) is 5.92 Å². The Hall–Kier alpha value is -2.81. The van der Waals surface area contributed by atoms with Gasteiger partial charge in [-0.05, 0) is 55.7 Å². The van der Waals surface area contributed by atoms with Gasteiger partial charge in [-0.15, -0.1) is 0 Å². The van der Waals surface area contributed by atoms with E-state index in [0.29, 0.717) is 17.7 Å². The van der Waals surface area contributed by atoms with Crippen molar-refractivity contribution in [1.82, 2.24) is 4.31 Å². The SMILES string of the molecule is CC[C@@H]1[C@@H](SCc2ccc(OC)cc2)[C@@H](C(=O)O)[C@H](c2ccc(C)cc2)N1S(=O)(=O)c1ccc(C)cc1. The third-order valence-corrected chi connectivity index (χ3v) is 10.4. The first-order valence-corrected chi connectivity index (χ1v) is 14.8. The lowest BCUT2D eigenvalue weighted by Gasteiger charge is -2.30. The molecule has 0 spiro atoms. The number of carboxylic acid groups (broad SMARTS) is 1. The van der Waals surface area contributed by atoms with Crippen molar-refractivity contribution in [3.8, 4) is 5.75 Å². The minimum Gasteiger partial charge on any atom is -0.497 e. The Morgan fingerprint density at radius 2 is 1.51 bits per heavy atom. The summed E-state index contributed by atoms with van der Waals surface area (Å²) in [5, 5.41) is 10.1. The Kier molecular flexibility index (Phi) is 8.31. The third kappa shape index (κ3) is 5.56. The molecule has 4 rings (SSSR count). The largest absolute Gasteiger partial charge is 0.497 e.